The molecular weight excluding hydrogens is 200 g/mol. The van der Waals surface area contributed by atoms with Gasteiger partial charge in [0.25, 0.3) is 0 Å². The number of carbonyl (C=O) groups excluding carboxylic acids is 3. The predicted octanol–water partition coefficient (Wildman–Crippen LogP) is 0.564. The molecule has 0 bridgehead atoms. The molecule has 5 heteroatoms. The van der Waals surface area contributed by atoms with Crippen molar-refractivity contribution in [3.8, 4) is 0 Å². The molecule has 1 atom stereocenters. The van der Waals surface area contributed by atoms with E-state index in [0.717, 1.165) is 7.11 Å². The highest BCUT2D eigenvalue weighted by Gasteiger charge is 2.28. The maximum absolute atomic E-state index is 11.3. The van der Waals surface area contributed by atoms with Crippen LogP contribution in [0.5, 0.6) is 0 Å². The molecule has 0 saturated heterocycles. The lowest BCUT2D eigenvalue weighted by Crippen LogP contribution is -2.28. The van der Waals surface area contributed by atoms with E-state index < -0.39 is 23.6 Å². The van der Waals surface area contributed by atoms with Crippen molar-refractivity contribution in [2.75, 3.05) is 14.2 Å². The van der Waals surface area contributed by atoms with Gasteiger partial charge in [-0.15, -0.1) is 0 Å². The van der Waals surface area contributed by atoms with Crippen LogP contribution in [0, 0.1) is 11.8 Å². The molecule has 15 heavy (non-hydrogen) atoms. The van der Waals surface area contributed by atoms with Crippen LogP contribution in [-0.4, -0.2) is 31.9 Å². The van der Waals surface area contributed by atoms with E-state index in [-0.39, 0.29) is 12.3 Å². The molecule has 0 radical (unpaired) electrons. The van der Waals surface area contributed by atoms with Crippen molar-refractivity contribution in [2.45, 2.75) is 20.3 Å². The van der Waals surface area contributed by atoms with Gasteiger partial charge in [-0.1, -0.05) is 13.8 Å². The number of esters is 2. The maximum atomic E-state index is 11.3. The Balaban J connectivity index is 4.49. The van der Waals surface area contributed by atoms with Crippen molar-refractivity contribution < 1.29 is 23.9 Å². The summed E-state index contributed by atoms with van der Waals surface area (Å²) >= 11 is 0. The highest BCUT2D eigenvalue weighted by atomic mass is 16.5. The smallest absolute Gasteiger partial charge is 0.374 e. The second-order valence-electron chi connectivity index (χ2n) is 3.49. The number of hydrogen-bond donors (Lipinski definition) is 0. The molecule has 5 nitrogen and oxygen atoms in total. The molecule has 0 aliphatic rings. The first-order valence-electron chi connectivity index (χ1n) is 4.63. The van der Waals surface area contributed by atoms with Gasteiger partial charge in [0.05, 0.1) is 20.1 Å². The lowest BCUT2D eigenvalue weighted by molar-refractivity contribution is -0.155. The molecule has 0 rings (SSSR count). The fraction of sp³-hybridized carbons (Fsp3) is 0.700. The molecular formula is C10H16O5. The largest absolute Gasteiger partial charge is 0.469 e. The van der Waals surface area contributed by atoms with Gasteiger partial charge >= 0.3 is 11.9 Å². The number of carbonyl (C=O) groups is 3. The maximum Gasteiger partial charge on any atom is 0.374 e. The second kappa shape index (κ2) is 6.16. The minimum absolute atomic E-state index is 0.0638. The van der Waals surface area contributed by atoms with Crippen molar-refractivity contribution in [3.63, 3.8) is 0 Å². The summed E-state index contributed by atoms with van der Waals surface area (Å²) in [6, 6.07) is 0. The van der Waals surface area contributed by atoms with Crippen LogP contribution < -0.4 is 0 Å². The number of rotatable bonds is 5. The van der Waals surface area contributed by atoms with E-state index in [1.807, 2.05) is 0 Å². The van der Waals surface area contributed by atoms with Crippen LogP contribution in [0.3, 0.4) is 0 Å². The molecule has 0 aliphatic heterocycles. The highest BCUT2D eigenvalue weighted by molar-refractivity contribution is 6.33. The number of methoxy groups -OCH3 is 2. The topological polar surface area (TPSA) is 69.7 Å². The van der Waals surface area contributed by atoms with Gasteiger partial charge in [-0.3, -0.25) is 9.59 Å². The summed E-state index contributed by atoms with van der Waals surface area (Å²) in [5.74, 6) is -2.78. The summed E-state index contributed by atoms with van der Waals surface area (Å²) in [7, 11) is 2.38. The molecule has 1 unspecified atom stereocenters. The fourth-order valence-electron chi connectivity index (χ4n) is 1.14. The summed E-state index contributed by atoms with van der Waals surface area (Å²) in [5, 5.41) is 0. The summed E-state index contributed by atoms with van der Waals surface area (Å²) in [5.41, 5.74) is 0. The third-order valence-corrected chi connectivity index (χ3v) is 2.13. The van der Waals surface area contributed by atoms with Gasteiger partial charge in [-0.25, -0.2) is 4.79 Å². The Bertz CT molecular complexity index is 257. The number of Topliss-reactive ketones (excluding diaryl/α,β-unsaturated/α-hetero) is 1. The zero-order valence-corrected chi connectivity index (χ0v) is 9.40. The monoisotopic (exact) mass is 216 g/mol. The summed E-state index contributed by atoms with van der Waals surface area (Å²) < 4.78 is 8.81. The van der Waals surface area contributed by atoms with Crippen molar-refractivity contribution in [1.29, 1.82) is 0 Å². The molecule has 0 aliphatic carbocycles. The van der Waals surface area contributed by atoms with Crippen molar-refractivity contribution in [2.24, 2.45) is 11.8 Å². The Morgan fingerprint density at radius 1 is 1.07 bits per heavy atom. The summed E-state index contributed by atoms with van der Waals surface area (Å²) in [6.45, 7) is 3.57. The fourth-order valence-corrected chi connectivity index (χ4v) is 1.14. The molecule has 0 aromatic heterocycles. The molecule has 0 heterocycles. The van der Waals surface area contributed by atoms with Gasteiger partial charge in [-0.2, -0.15) is 0 Å². The minimum Gasteiger partial charge on any atom is -0.469 e. The average molecular weight is 216 g/mol. The number of hydrogen-bond acceptors (Lipinski definition) is 5. The van der Waals surface area contributed by atoms with Crippen molar-refractivity contribution in [1.82, 2.24) is 0 Å². The zero-order valence-electron chi connectivity index (χ0n) is 9.40. The van der Waals surface area contributed by atoms with E-state index in [9.17, 15) is 14.4 Å². The lowest BCUT2D eigenvalue weighted by Gasteiger charge is -2.16. The van der Waals surface area contributed by atoms with E-state index in [1.54, 1.807) is 13.8 Å². The van der Waals surface area contributed by atoms with Crippen LogP contribution in [0.4, 0.5) is 0 Å². The molecule has 0 aromatic carbocycles. The van der Waals surface area contributed by atoms with Crippen LogP contribution in [0.25, 0.3) is 0 Å². The summed E-state index contributed by atoms with van der Waals surface area (Å²) in [6.07, 6.45) is -0.170. The Morgan fingerprint density at radius 3 is 1.93 bits per heavy atom. The van der Waals surface area contributed by atoms with Crippen molar-refractivity contribution >= 4 is 17.7 Å². The Kier molecular flexibility index (Phi) is 5.59. The Morgan fingerprint density at radius 2 is 1.60 bits per heavy atom. The van der Waals surface area contributed by atoms with Crippen LogP contribution >= 0.6 is 0 Å². The molecule has 0 saturated carbocycles. The third-order valence-electron chi connectivity index (χ3n) is 2.13. The predicted molar refractivity (Wildman–Crippen MR) is 52.0 cm³/mol. The van der Waals surface area contributed by atoms with E-state index in [1.165, 1.54) is 7.11 Å². The van der Waals surface area contributed by atoms with Gasteiger partial charge in [0, 0.05) is 6.42 Å². The second-order valence-corrected chi connectivity index (χ2v) is 3.49. The van der Waals surface area contributed by atoms with Gasteiger partial charge in [0.1, 0.15) is 0 Å². The normalized spacial score (nSPS) is 12.1. The van der Waals surface area contributed by atoms with E-state index >= 15 is 0 Å². The lowest BCUT2D eigenvalue weighted by atomic mass is 9.91. The van der Waals surface area contributed by atoms with Gasteiger partial charge in [0.2, 0.25) is 5.78 Å². The molecule has 0 N–H and O–H groups in total. The average Bonchev–Trinajstić information content (AvgIpc) is 2.22. The highest BCUT2D eigenvalue weighted by Crippen LogP contribution is 2.17. The molecule has 0 fully saturated rings. The first-order valence-corrected chi connectivity index (χ1v) is 4.63. The van der Waals surface area contributed by atoms with Crippen LogP contribution in [0.2, 0.25) is 0 Å². The van der Waals surface area contributed by atoms with Gasteiger partial charge in [0.15, 0.2) is 0 Å². The number of ether oxygens (including phenoxy) is 2. The molecule has 0 spiro atoms. The first kappa shape index (κ1) is 13.6. The quantitative estimate of drug-likeness (QED) is 0.496. The summed E-state index contributed by atoms with van der Waals surface area (Å²) in [4.78, 5) is 33.4. The van der Waals surface area contributed by atoms with Gasteiger partial charge in [-0.05, 0) is 5.92 Å². The van der Waals surface area contributed by atoms with E-state index in [4.69, 9.17) is 0 Å². The Labute approximate surface area is 88.7 Å². The van der Waals surface area contributed by atoms with Crippen molar-refractivity contribution in [3.05, 3.63) is 0 Å². The standard InChI is InChI=1S/C10H16O5/c1-6(2)7(9(12)14-3)5-8(11)10(13)15-4/h6-7H,5H2,1-4H3. The minimum atomic E-state index is -0.926. The molecule has 86 valence electrons. The number of ketones is 1. The third kappa shape index (κ3) is 4.10. The van der Waals surface area contributed by atoms with Crippen LogP contribution in [0.1, 0.15) is 20.3 Å². The Hall–Kier alpha value is -1.39. The SMILES string of the molecule is COC(=O)C(=O)CC(C(=O)OC)C(C)C. The van der Waals surface area contributed by atoms with Crippen LogP contribution in [-0.2, 0) is 23.9 Å². The molecule has 0 amide bonds. The molecule has 0 aromatic rings. The van der Waals surface area contributed by atoms with Gasteiger partial charge < -0.3 is 9.47 Å². The van der Waals surface area contributed by atoms with E-state index in [2.05, 4.69) is 9.47 Å². The van der Waals surface area contributed by atoms with E-state index in [0.29, 0.717) is 0 Å². The van der Waals surface area contributed by atoms with Crippen LogP contribution in [0.15, 0.2) is 0 Å². The first-order chi connectivity index (χ1) is 6.93. The zero-order chi connectivity index (χ0) is 12.0.